The quantitative estimate of drug-likeness (QED) is 0.525. The molecule has 1 aliphatic rings. The van der Waals surface area contributed by atoms with Crippen molar-refractivity contribution in [3.8, 4) is 0 Å². The van der Waals surface area contributed by atoms with Gasteiger partial charge >= 0.3 is 0 Å². The highest BCUT2D eigenvalue weighted by Crippen LogP contribution is 2.26. The van der Waals surface area contributed by atoms with E-state index in [1.54, 1.807) is 24.3 Å². The minimum atomic E-state index is -0.422. The zero-order chi connectivity index (χ0) is 23.9. The Hall–Kier alpha value is -4.04. The first kappa shape index (κ1) is 23.1. The third-order valence-electron chi connectivity index (χ3n) is 5.62. The lowest BCUT2D eigenvalue weighted by molar-refractivity contribution is -0.122. The summed E-state index contributed by atoms with van der Waals surface area (Å²) in [5.74, 6) is -1.17. The van der Waals surface area contributed by atoms with E-state index >= 15 is 0 Å². The third kappa shape index (κ3) is 5.85. The Morgan fingerprint density at radius 3 is 2.41 bits per heavy atom. The molecule has 0 spiro atoms. The molecule has 0 aromatic heterocycles. The molecular weight excluding hydrogens is 435 g/mol. The number of anilines is 2. The molecule has 1 atom stereocenters. The summed E-state index contributed by atoms with van der Waals surface area (Å²) in [6, 6.07) is 21.5. The Balaban J connectivity index is 1.47. The van der Waals surface area contributed by atoms with Crippen LogP contribution >= 0.6 is 0 Å². The van der Waals surface area contributed by atoms with Gasteiger partial charge in [0.1, 0.15) is 5.82 Å². The number of nitrogens with zero attached hydrogens (tertiary/aromatic N) is 1. The summed E-state index contributed by atoms with van der Waals surface area (Å²) in [5.41, 5.74) is 2.06. The fourth-order valence-corrected chi connectivity index (χ4v) is 3.96. The molecule has 1 aliphatic heterocycles. The second-order valence-corrected chi connectivity index (χ2v) is 8.01. The molecule has 3 amide bonds. The van der Waals surface area contributed by atoms with E-state index in [1.807, 2.05) is 35.2 Å². The SMILES string of the molecule is O=C1C[C@@H](c2ccccc2)N(CC(=O)Nc2ccccc2C(=O)Nc2ccc(F)cc2)CCN1. The molecule has 0 saturated carbocycles. The van der Waals surface area contributed by atoms with E-state index in [0.29, 0.717) is 24.5 Å². The number of benzene rings is 3. The van der Waals surface area contributed by atoms with Gasteiger partial charge in [-0.15, -0.1) is 0 Å². The molecule has 1 saturated heterocycles. The molecule has 3 aromatic carbocycles. The Kier molecular flexibility index (Phi) is 7.29. The number of hydrogen-bond donors (Lipinski definition) is 3. The van der Waals surface area contributed by atoms with Crippen molar-refractivity contribution in [2.24, 2.45) is 0 Å². The van der Waals surface area contributed by atoms with Crippen LogP contribution in [0.3, 0.4) is 0 Å². The summed E-state index contributed by atoms with van der Waals surface area (Å²) in [5, 5.41) is 8.40. The monoisotopic (exact) mass is 460 g/mol. The van der Waals surface area contributed by atoms with Gasteiger partial charge in [0.2, 0.25) is 11.8 Å². The predicted molar refractivity (Wildman–Crippen MR) is 128 cm³/mol. The molecule has 7 nitrogen and oxygen atoms in total. The van der Waals surface area contributed by atoms with Gasteiger partial charge in [-0.3, -0.25) is 19.3 Å². The molecule has 3 aromatic rings. The molecule has 0 aliphatic carbocycles. The fraction of sp³-hybridized carbons (Fsp3) is 0.192. The summed E-state index contributed by atoms with van der Waals surface area (Å²) < 4.78 is 13.1. The van der Waals surface area contributed by atoms with E-state index < -0.39 is 11.7 Å². The van der Waals surface area contributed by atoms with E-state index in [0.717, 1.165) is 5.56 Å². The first-order chi connectivity index (χ1) is 16.5. The van der Waals surface area contributed by atoms with Crippen molar-refractivity contribution in [1.29, 1.82) is 0 Å². The topological polar surface area (TPSA) is 90.5 Å². The van der Waals surface area contributed by atoms with Crippen molar-refractivity contribution >= 4 is 29.1 Å². The third-order valence-corrected chi connectivity index (χ3v) is 5.62. The van der Waals surface area contributed by atoms with Gasteiger partial charge in [-0.1, -0.05) is 42.5 Å². The van der Waals surface area contributed by atoms with Gasteiger partial charge in [0.25, 0.3) is 5.91 Å². The molecule has 0 bridgehead atoms. The van der Waals surface area contributed by atoms with Crippen molar-refractivity contribution in [2.45, 2.75) is 12.5 Å². The molecule has 174 valence electrons. The van der Waals surface area contributed by atoms with Gasteiger partial charge in [0, 0.05) is 31.2 Å². The molecule has 0 radical (unpaired) electrons. The summed E-state index contributed by atoms with van der Waals surface area (Å²) in [4.78, 5) is 39.9. The average Bonchev–Trinajstić information content (AvgIpc) is 3.02. The number of carbonyl (C=O) groups excluding carboxylic acids is 3. The van der Waals surface area contributed by atoms with Crippen LogP contribution in [-0.4, -0.2) is 42.3 Å². The number of carbonyl (C=O) groups is 3. The van der Waals surface area contributed by atoms with E-state index in [2.05, 4.69) is 16.0 Å². The fourth-order valence-electron chi connectivity index (χ4n) is 3.96. The van der Waals surface area contributed by atoms with Gasteiger partial charge < -0.3 is 16.0 Å². The van der Waals surface area contributed by atoms with Crippen LogP contribution in [0.25, 0.3) is 0 Å². The minimum Gasteiger partial charge on any atom is -0.355 e. The second kappa shape index (κ2) is 10.7. The zero-order valence-electron chi connectivity index (χ0n) is 18.5. The van der Waals surface area contributed by atoms with Crippen LogP contribution in [0.5, 0.6) is 0 Å². The van der Waals surface area contributed by atoms with Crippen LogP contribution in [0.4, 0.5) is 15.8 Å². The van der Waals surface area contributed by atoms with Gasteiger partial charge in [-0.2, -0.15) is 0 Å². The number of hydrogen-bond acceptors (Lipinski definition) is 4. The Labute approximate surface area is 197 Å². The molecule has 0 unspecified atom stereocenters. The van der Waals surface area contributed by atoms with Crippen molar-refractivity contribution in [3.05, 3.63) is 95.8 Å². The summed E-state index contributed by atoms with van der Waals surface area (Å²) in [6.45, 7) is 1.03. The maximum Gasteiger partial charge on any atom is 0.257 e. The average molecular weight is 461 g/mol. The van der Waals surface area contributed by atoms with Gasteiger partial charge in [0.15, 0.2) is 0 Å². The molecule has 1 heterocycles. The second-order valence-electron chi connectivity index (χ2n) is 8.01. The molecule has 4 rings (SSSR count). The molecule has 8 heteroatoms. The van der Waals surface area contributed by atoms with Gasteiger partial charge in [-0.05, 0) is 42.0 Å². The molecule has 3 N–H and O–H groups in total. The molecule has 1 fully saturated rings. The highest BCUT2D eigenvalue weighted by atomic mass is 19.1. The number of nitrogens with one attached hydrogen (secondary N) is 3. The highest BCUT2D eigenvalue weighted by molar-refractivity contribution is 6.10. The van der Waals surface area contributed by atoms with E-state index in [9.17, 15) is 18.8 Å². The van der Waals surface area contributed by atoms with Crippen molar-refractivity contribution < 1.29 is 18.8 Å². The predicted octanol–water partition coefficient (Wildman–Crippen LogP) is 3.58. The Bertz CT molecular complexity index is 1170. The lowest BCUT2D eigenvalue weighted by atomic mass is 10.0. The highest BCUT2D eigenvalue weighted by Gasteiger charge is 2.28. The van der Waals surface area contributed by atoms with E-state index in [1.165, 1.54) is 24.3 Å². The van der Waals surface area contributed by atoms with Crippen LogP contribution in [0.2, 0.25) is 0 Å². The van der Waals surface area contributed by atoms with Crippen molar-refractivity contribution in [1.82, 2.24) is 10.2 Å². The minimum absolute atomic E-state index is 0.0560. The van der Waals surface area contributed by atoms with Crippen LogP contribution < -0.4 is 16.0 Å². The normalized spacial score (nSPS) is 16.3. The Morgan fingerprint density at radius 1 is 0.941 bits per heavy atom. The maximum atomic E-state index is 13.1. The van der Waals surface area contributed by atoms with Crippen molar-refractivity contribution in [2.75, 3.05) is 30.3 Å². The van der Waals surface area contributed by atoms with Gasteiger partial charge in [-0.25, -0.2) is 4.39 Å². The molecular formula is C26H25FN4O3. The summed E-state index contributed by atoms with van der Waals surface area (Å²) >= 11 is 0. The van der Waals surface area contributed by atoms with Crippen LogP contribution in [-0.2, 0) is 9.59 Å². The number of para-hydroxylation sites is 1. The summed E-state index contributed by atoms with van der Waals surface area (Å²) in [6.07, 6.45) is 0.258. The number of rotatable bonds is 6. The number of halogens is 1. The van der Waals surface area contributed by atoms with Gasteiger partial charge in [0.05, 0.1) is 17.8 Å². The van der Waals surface area contributed by atoms with Crippen molar-refractivity contribution in [3.63, 3.8) is 0 Å². The zero-order valence-corrected chi connectivity index (χ0v) is 18.5. The van der Waals surface area contributed by atoms with E-state index in [-0.39, 0.29) is 36.4 Å². The standard InChI is InChI=1S/C26H25FN4O3/c27-19-10-12-20(13-11-19)29-26(34)21-8-4-5-9-22(21)30-25(33)17-31-15-14-28-24(32)16-23(31)18-6-2-1-3-7-18/h1-13,23H,14-17H2,(H,28,32)(H,29,34)(H,30,33)/t23-/m0/s1. The largest absolute Gasteiger partial charge is 0.355 e. The maximum absolute atomic E-state index is 13.1. The summed E-state index contributed by atoms with van der Waals surface area (Å²) in [7, 11) is 0. The smallest absolute Gasteiger partial charge is 0.257 e. The lowest BCUT2D eigenvalue weighted by Gasteiger charge is -2.28. The first-order valence-corrected chi connectivity index (χ1v) is 11.0. The first-order valence-electron chi connectivity index (χ1n) is 11.0. The van der Waals surface area contributed by atoms with Crippen LogP contribution in [0, 0.1) is 5.82 Å². The Morgan fingerprint density at radius 2 is 1.65 bits per heavy atom. The van der Waals surface area contributed by atoms with Crippen LogP contribution in [0.1, 0.15) is 28.4 Å². The number of amides is 3. The van der Waals surface area contributed by atoms with E-state index in [4.69, 9.17) is 0 Å². The van der Waals surface area contributed by atoms with Crippen LogP contribution in [0.15, 0.2) is 78.9 Å². The molecule has 34 heavy (non-hydrogen) atoms. The lowest BCUT2D eigenvalue weighted by Crippen LogP contribution is -2.37.